The summed E-state index contributed by atoms with van der Waals surface area (Å²) < 4.78 is 13.3. The Bertz CT molecular complexity index is 971. The van der Waals surface area contributed by atoms with Gasteiger partial charge in [-0.05, 0) is 35.6 Å². The van der Waals surface area contributed by atoms with Crippen LogP contribution in [0.3, 0.4) is 0 Å². The van der Waals surface area contributed by atoms with Crippen LogP contribution < -0.4 is 5.56 Å². The molecule has 3 heterocycles. The van der Waals surface area contributed by atoms with Gasteiger partial charge in [0.1, 0.15) is 5.82 Å². The summed E-state index contributed by atoms with van der Waals surface area (Å²) in [5.41, 5.74) is 2.45. The Morgan fingerprint density at radius 1 is 1.36 bits per heavy atom. The molecule has 3 aromatic rings. The Labute approximate surface area is 152 Å². The van der Waals surface area contributed by atoms with Gasteiger partial charge in [0.05, 0.1) is 15.6 Å². The Kier molecular flexibility index (Phi) is 4.41. The van der Waals surface area contributed by atoms with E-state index in [1.54, 1.807) is 23.5 Å². The number of hydrogen-bond donors (Lipinski definition) is 1. The van der Waals surface area contributed by atoms with Crippen molar-refractivity contribution in [2.45, 2.75) is 19.5 Å². The van der Waals surface area contributed by atoms with Crippen molar-refractivity contribution in [2.75, 3.05) is 6.54 Å². The van der Waals surface area contributed by atoms with Crippen molar-refractivity contribution in [3.8, 4) is 10.7 Å². The highest BCUT2D eigenvalue weighted by Crippen LogP contribution is 2.24. The topological polar surface area (TPSA) is 49.0 Å². The van der Waals surface area contributed by atoms with E-state index >= 15 is 0 Å². The van der Waals surface area contributed by atoms with E-state index < -0.39 is 5.82 Å². The van der Waals surface area contributed by atoms with E-state index in [0.29, 0.717) is 25.3 Å². The van der Waals surface area contributed by atoms with E-state index in [4.69, 9.17) is 11.6 Å². The highest BCUT2D eigenvalue weighted by molar-refractivity contribution is 7.13. The number of fused-ring (bicyclic) bond motifs is 1. The van der Waals surface area contributed by atoms with E-state index in [1.807, 2.05) is 17.5 Å². The van der Waals surface area contributed by atoms with E-state index in [2.05, 4.69) is 14.9 Å². The second-order valence-electron chi connectivity index (χ2n) is 6.03. The van der Waals surface area contributed by atoms with Gasteiger partial charge in [0.15, 0.2) is 5.82 Å². The predicted octanol–water partition coefficient (Wildman–Crippen LogP) is 3.85. The standard InChI is InChI=1S/C18H15ClFN3OS/c19-13-8-11(3-4-14(13)20)9-23-6-5-12-15(10-23)21-17(22-18(12)24)16-2-1-7-25-16/h1-4,7-8H,5-6,9-10H2,(H,21,22,24). The molecule has 0 saturated heterocycles. The van der Waals surface area contributed by atoms with Crippen LogP contribution in [0, 0.1) is 5.82 Å². The van der Waals surface area contributed by atoms with Crippen molar-refractivity contribution < 1.29 is 4.39 Å². The largest absolute Gasteiger partial charge is 0.306 e. The molecule has 0 radical (unpaired) electrons. The normalized spacial score (nSPS) is 14.5. The Hall–Kier alpha value is -2.02. The minimum Gasteiger partial charge on any atom is -0.306 e. The number of halogens is 2. The van der Waals surface area contributed by atoms with E-state index in [9.17, 15) is 9.18 Å². The first-order chi connectivity index (χ1) is 12.1. The Morgan fingerprint density at radius 3 is 3.00 bits per heavy atom. The lowest BCUT2D eigenvalue weighted by molar-refractivity contribution is 0.240. The summed E-state index contributed by atoms with van der Waals surface area (Å²) in [6.07, 6.45) is 0.650. The molecule has 1 N–H and O–H groups in total. The van der Waals surface area contributed by atoms with Gasteiger partial charge in [-0.25, -0.2) is 9.37 Å². The van der Waals surface area contributed by atoms with Gasteiger partial charge in [0, 0.05) is 25.2 Å². The summed E-state index contributed by atoms with van der Waals surface area (Å²) in [6.45, 7) is 1.99. The minimum atomic E-state index is -0.414. The van der Waals surface area contributed by atoms with Gasteiger partial charge in [0.2, 0.25) is 0 Å². The molecule has 0 fully saturated rings. The van der Waals surface area contributed by atoms with Crippen LogP contribution in [-0.2, 0) is 19.5 Å². The molecule has 128 valence electrons. The average Bonchev–Trinajstić information content (AvgIpc) is 3.12. The summed E-state index contributed by atoms with van der Waals surface area (Å²) in [5, 5.41) is 2.09. The zero-order valence-corrected chi connectivity index (χ0v) is 14.8. The van der Waals surface area contributed by atoms with E-state index in [-0.39, 0.29) is 10.6 Å². The summed E-state index contributed by atoms with van der Waals surface area (Å²) in [5.74, 6) is 0.202. The third-order valence-electron chi connectivity index (χ3n) is 4.30. The average molecular weight is 376 g/mol. The molecule has 1 aliphatic rings. The fourth-order valence-corrected chi connectivity index (χ4v) is 3.93. The summed E-state index contributed by atoms with van der Waals surface area (Å²) >= 11 is 7.41. The molecule has 0 bridgehead atoms. The van der Waals surface area contributed by atoms with Crippen LogP contribution >= 0.6 is 22.9 Å². The van der Waals surface area contributed by atoms with Crippen LogP contribution in [0.2, 0.25) is 5.02 Å². The summed E-state index contributed by atoms with van der Waals surface area (Å²) in [4.78, 5) is 23.0. The first kappa shape index (κ1) is 16.4. The Balaban J connectivity index is 1.59. The van der Waals surface area contributed by atoms with Crippen molar-refractivity contribution in [1.82, 2.24) is 14.9 Å². The smallest absolute Gasteiger partial charge is 0.254 e. The zero-order valence-electron chi connectivity index (χ0n) is 13.3. The summed E-state index contributed by atoms with van der Waals surface area (Å²) in [6, 6.07) is 8.64. The third-order valence-corrected chi connectivity index (χ3v) is 5.46. The number of nitrogens with one attached hydrogen (secondary N) is 1. The maximum atomic E-state index is 13.3. The molecular formula is C18H15ClFN3OS. The highest BCUT2D eigenvalue weighted by atomic mass is 35.5. The van der Waals surface area contributed by atoms with E-state index in [0.717, 1.165) is 28.2 Å². The first-order valence-electron chi connectivity index (χ1n) is 7.92. The van der Waals surface area contributed by atoms with Crippen LogP contribution in [0.25, 0.3) is 10.7 Å². The fourth-order valence-electron chi connectivity index (χ4n) is 3.05. The minimum absolute atomic E-state index is 0.0575. The van der Waals surface area contributed by atoms with Crippen molar-refractivity contribution in [3.63, 3.8) is 0 Å². The molecule has 2 aromatic heterocycles. The highest BCUT2D eigenvalue weighted by Gasteiger charge is 2.21. The van der Waals surface area contributed by atoms with Crippen LogP contribution in [0.5, 0.6) is 0 Å². The molecule has 7 heteroatoms. The summed E-state index contributed by atoms with van der Waals surface area (Å²) in [7, 11) is 0. The number of aromatic amines is 1. The van der Waals surface area contributed by atoms with Gasteiger partial charge < -0.3 is 4.98 Å². The van der Waals surface area contributed by atoms with Crippen molar-refractivity contribution in [2.24, 2.45) is 0 Å². The number of nitrogens with zero attached hydrogens (tertiary/aromatic N) is 2. The number of benzene rings is 1. The molecule has 4 rings (SSSR count). The van der Waals surface area contributed by atoms with Crippen LogP contribution in [0.4, 0.5) is 4.39 Å². The fraction of sp³-hybridized carbons (Fsp3) is 0.222. The monoisotopic (exact) mass is 375 g/mol. The van der Waals surface area contributed by atoms with Crippen LogP contribution in [0.1, 0.15) is 16.8 Å². The lowest BCUT2D eigenvalue weighted by atomic mass is 10.1. The third kappa shape index (κ3) is 3.38. The lowest BCUT2D eigenvalue weighted by Gasteiger charge is -2.27. The molecule has 0 saturated carbocycles. The van der Waals surface area contributed by atoms with E-state index in [1.165, 1.54) is 6.07 Å². The molecule has 0 unspecified atom stereocenters. The second kappa shape index (κ2) is 6.71. The molecule has 1 aromatic carbocycles. The van der Waals surface area contributed by atoms with Crippen molar-refractivity contribution in [1.29, 1.82) is 0 Å². The maximum absolute atomic E-state index is 13.3. The van der Waals surface area contributed by atoms with Crippen LogP contribution in [-0.4, -0.2) is 21.4 Å². The molecule has 4 nitrogen and oxygen atoms in total. The quantitative estimate of drug-likeness (QED) is 0.756. The van der Waals surface area contributed by atoms with Crippen LogP contribution in [0.15, 0.2) is 40.5 Å². The zero-order chi connectivity index (χ0) is 17.4. The maximum Gasteiger partial charge on any atom is 0.254 e. The number of aromatic nitrogens is 2. The molecule has 0 aliphatic carbocycles. The van der Waals surface area contributed by atoms with Crippen molar-refractivity contribution >= 4 is 22.9 Å². The lowest BCUT2D eigenvalue weighted by Crippen LogP contribution is -2.35. The number of rotatable bonds is 3. The second-order valence-corrected chi connectivity index (χ2v) is 7.38. The van der Waals surface area contributed by atoms with Gasteiger partial charge in [-0.2, -0.15) is 0 Å². The van der Waals surface area contributed by atoms with Crippen molar-refractivity contribution in [3.05, 3.63) is 73.7 Å². The van der Waals surface area contributed by atoms with Gasteiger partial charge >= 0.3 is 0 Å². The molecule has 0 atom stereocenters. The van der Waals surface area contributed by atoms with Gasteiger partial charge in [-0.3, -0.25) is 9.69 Å². The Morgan fingerprint density at radius 2 is 2.24 bits per heavy atom. The molecule has 25 heavy (non-hydrogen) atoms. The number of thiophene rings is 1. The molecule has 0 amide bonds. The SMILES string of the molecule is O=c1[nH]c(-c2cccs2)nc2c1CCN(Cc1ccc(F)c(Cl)c1)C2. The van der Waals surface area contributed by atoms with Gasteiger partial charge in [0.25, 0.3) is 5.56 Å². The van der Waals surface area contributed by atoms with Gasteiger partial charge in [-0.15, -0.1) is 11.3 Å². The molecule has 0 spiro atoms. The molecular weight excluding hydrogens is 361 g/mol. The number of hydrogen-bond acceptors (Lipinski definition) is 4. The number of H-pyrrole nitrogens is 1. The predicted molar refractivity (Wildman–Crippen MR) is 97.4 cm³/mol. The molecule has 1 aliphatic heterocycles. The van der Waals surface area contributed by atoms with Gasteiger partial charge in [-0.1, -0.05) is 23.7 Å². The first-order valence-corrected chi connectivity index (χ1v) is 9.18.